The molecule has 0 aromatic carbocycles. The summed E-state index contributed by atoms with van der Waals surface area (Å²) in [5.41, 5.74) is -4.84. The van der Waals surface area contributed by atoms with Crippen molar-refractivity contribution >= 4 is 26.2 Å². The predicted molar refractivity (Wildman–Crippen MR) is 51.7 cm³/mol. The second-order valence-electron chi connectivity index (χ2n) is 2.05. The Bertz CT molecular complexity index is 223. The number of nitrogens with zero attached hydrogens (tertiary/aromatic N) is 1. The van der Waals surface area contributed by atoms with Gasteiger partial charge in [-0.2, -0.15) is 26.5 Å². The first-order valence-electron chi connectivity index (χ1n) is 3.51. The molecule has 0 aliphatic rings. The summed E-state index contributed by atoms with van der Waals surface area (Å²) in [6, 6.07) is 0. The molecule has 90 valence electrons. The molecule has 11 heteroatoms. The highest BCUT2D eigenvalue weighted by molar-refractivity contribution is 7.59. The third kappa shape index (κ3) is 5.41. The number of alkyl halides is 5. The van der Waals surface area contributed by atoms with Crippen LogP contribution in [0, 0.1) is 0 Å². The molecule has 0 bridgehead atoms. The quantitative estimate of drug-likeness (QED) is 0.614. The summed E-state index contributed by atoms with van der Waals surface area (Å²) >= 11 is 0. The maximum absolute atomic E-state index is 12.4. The summed E-state index contributed by atoms with van der Waals surface area (Å²) in [6.07, 6.45) is -5.59. The zero-order chi connectivity index (χ0) is 12.1. The molecule has 0 aliphatic heterocycles. The molecule has 0 saturated carbocycles. The SMILES string of the molecule is CCOP(N=PC(F)(F)C(F)(F)F)NP. The second-order valence-corrected chi connectivity index (χ2v) is 5.36. The molecule has 0 rings (SSSR count). The zero-order valence-corrected chi connectivity index (χ0v) is 10.4. The van der Waals surface area contributed by atoms with Crippen LogP contribution >= 0.6 is 26.2 Å². The maximum Gasteiger partial charge on any atom is 0.463 e. The summed E-state index contributed by atoms with van der Waals surface area (Å²) in [4.78, 5) is 2.31. The lowest BCUT2D eigenvalue weighted by Crippen LogP contribution is -2.30. The van der Waals surface area contributed by atoms with E-state index in [4.69, 9.17) is 4.52 Å². The van der Waals surface area contributed by atoms with Crippen LogP contribution in [-0.2, 0) is 4.52 Å². The molecule has 2 unspecified atom stereocenters. The van der Waals surface area contributed by atoms with Gasteiger partial charge in [-0.3, -0.25) is 0 Å². The molecule has 1 N–H and O–H groups in total. The summed E-state index contributed by atoms with van der Waals surface area (Å²) in [5.74, 6) is 0. The van der Waals surface area contributed by atoms with Gasteiger partial charge >= 0.3 is 11.8 Å². The van der Waals surface area contributed by atoms with Gasteiger partial charge < -0.3 is 4.52 Å². The average molecular weight is 288 g/mol. The molecule has 3 nitrogen and oxygen atoms in total. The standard InChI is InChI=1S/C4H8F5N2OP3/c1-2-12-15(10-13)11-14-4(8,9)3(5,6)7/h10H,2,13H2,1H3. The topological polar surface area (TPSA) is 33.6 Å². The van der Waals surface area contributed by atoms with Crippen molar-refractivity contribution in [3.05, 3.63) is 0 Å². The van der Waals surface area contributed by atoms with Crippen molar-refractivity contribution in [3.8, 4) is 0 Å². The van der Waals surface area contributed by atoms with Gasteiger partial charge in [-0.05, 0) is 6.92 Å². The Hall–Kier alpha value is 0.530. The van der Waals surface area contributed by atoms with Crippen LogP contribution in [-0.4, -0.2) is 18.4 Å². The van der Waals surface area contributed by atoms with E-state index in [9.17, 15) is 22.0 Å². The van der Waals surface area contributed by atoms with E-state index in [0.717, 1.165) is 0 Å². The Labute approximate surface area is 88.2 Å². The highest BCUT2D eigenvalue weighted by Gasteiger charge is 2.57. The Morgan fingerprint density at radius 1 is 1.40 bits per heavy atom. The maximum atomic E-state index is 12.4. The third-order valence-corrected chi connectivity index (χ3v) is 3.85. The van der Waals surface area contributed by atoms with E-state index in [-0.39, 0.29) is 6.61 Å². The lowest BCUT2D eigenvalue weighted by molar-refractivity contribution is -0.238. The Morgan fingerprint density at radius 3 is 2.27 bits per heavy atom. The van der Waals surface area contributed by atoms with Gasteiger partial charge in [-0.25, -0.2) is 4.86 Å². The van der Waals surface area contributed by atoms with Crippen LogP contribution in [0.3, 0.4) is 0 Å². The first kappa shape index (κ1) is 15.5. The van der Waals surface area contributed by atoms with Crippen LogP contribution in [0.15, 0.2) is 4.52 Å². The van der Waals surface area contributed by atoms with Gasteiger partial charge in [0.05, 0.1) is 6.61 Å². The minimum Gasteiger partial charge on any atom is -0.326 e. The molecular formula is C4H8F5N2OP3. The molecule has 0 aliphatic carbocycles. The highest BCUT2D eigenvalue weighted by Crippen LogP contribution is 2.49. The zero-order valence-electron chi connectivity index (χ0n) is 7.42. The molecular weight excluding hydrogens is 280 g/mol. The Balaban J connectivity index is 4.48. The van der Waals surface area contributed by atoms with E-state index in [1.54, 1.807) is 6.92 Å². The minimum absolute atomic E-state index is 0.170. The monoisotopic (exact) mass is 288 g/mol. The average Bonchev–Trinajstić information content (AvgIpc) is 2.10. The molecule has 2 atom stereocenters. The van der Waals surface area contributed by atoms with Crippen LogP contribution in [0.2, 0.25) is 0 Å². The van der Waals surface area contributed by atoms with Crippen LogP contribution in [0.5, 0.6) is 0 Å². The van der Waals surface area contributed by atoms with E-state index in [2.05, 4.69) is 9.37 Å². The number of nitrogens with one attached hydrogen (secondary N) is 1. The largest absolute Gasteiger partial charge is 0.463 e. The Kier molecular flexibility index (Phi) is 6.53. The van der Waals surface area contributed by atoms with Gasteiger partial charge in [0.25, 0.3) is 0 Å². The van der Waals surface area contributed by atoms with Gasteiger partial charge in [-0.1, -0.05) is 9.39 Å². The van der Waals surface area contributed by atoms with Crippen LogP contribution in [0.1, 0.15) is 6.92 Å². The molecule has 0 fully saturated rings. The second kappa shape index (κ2) is 6.31. The van der Waals surface area contributed by atoms with Gasteiger partial charge in [0.1, 0.15) is 8.37 Å². The third-order valence-electron chi connectivity index (χ3n) is 0.954. The van der Waals surface area contributed by atoms with Gasteiger partial charge in [-0.15, -0.1) is 0 Å². The summed E-state index contributed by atoms with van der Waals surface area (Å²) in [5, 5.41) is 0. The van der Waals surface area contributed by atoms with Crippen molar-refractivity contribution in [2.24, 2.45) is 4.52 Å². The van der Waals surface area contributed by atoms with Crippen molar-refractivity contribution in [2.75, 3.05) is 6.61 Å². The lowest BCUT2D eigenvalue weighted by Gasteiger charge is -2.14. The summed E-state index contributed by atoms with van der Waals surface area (Å²) in [7, 11) is -1.25. The molecule has 15 heavy (non-hydrogen) atoms. The van der Waals surface area contributed by atoms with Crippen molar-refractivity contribution in [3.63, 3.8) is 0 Å². The molecule has 0 aromatic heterocycles. The van der Waals surface area contributed by atoms with Crippen molar-refractivity contribution in [2.45, 2.75) is 18.8 Å². The molecule has 0 amide bonds. The van der Waals surface area contributed by atoms with E-state index in [0.29, 0.717) is 0 Å². The molecule has 0 spiro atoms. The van der Waals surface area contributed by atoms with Gasteiger partial charge in [0.2, 0.25) is 8.45 Å². The van der Waals surface area contributed by atoms with Crippen LogP contribution in [0.25, 0.3) is 0 Å². The molecule has 0 radical (unpaired) electrons. The summed E-state index contributed by atoms with van der Waals surface area (Å²) < 4.78 is 67.6. The first-order valence-corrected chi connectivity index (χ1v) is 6.15. The number of halogens is 5. The fraction of sp³-hybridized carbons (Fsp3) is 1.00. The molecule has 0 saturated heterocycles. The Morgan fingerprint density at radius 2 is 1.93 bits per heavy atom. The minimum atomic E-state index is -5.59. The fourth-order valence-corrected chi connectivity index (χ4v) is 2.67. The predicted octanol–water partition coefficient (Wildman–Crippen LogP) is 3.91. The normalized spacial score (nSPS) is 15.9. The van der Waals surface area contributed by atoms with E-state index >= 15 is 0 Å². The molecule has 0 aromatic rings. The van der Waals surface area contributed by atoms with Crippen LogP contribution < -0.4 is 4.86 Å². The van der Waals surface area contributed by atoms with Crippen LogP contribution in [0.4, 0.5) is 22.0 Å². The number of rotatable bonds is 5. The number of hydrogen-bond acceptors (Lipinski definition) is 3. The highest BCUT2D eigenvalue weighted by atomic mass is 31.2. The van der Waals surface area contributed by atoms with E-state index in [1.165, 1.54) is 0 Å². The van der Waals surface area contributed by atoms with E-state index < -0.39 is 28.7 Å². The molecule has 0 heterocycles. The fourth-order valence-electron chi connectivity index (χ4n) is 0.365. The first-order chi connectivity index (χ1) is 6.74. The van der Waals surface area contributed by atoms with E-state index in [1.807, 2.05) is 9.39 Å². The van der Waals surface area contributed by atoms with Crippen molar-refractivity contribution < 1.29 is 26.5 Å². The summed E-state index contributed by atoms with van der Waals surface area (Å²) in [6.45, 7) is 1.75. The van der Waals surface area contributed by atoms with Gasteiger partial charge in [0.15, 0.2) is 0 Å². The number of hydrogen-bond donors (Lipinski definition) is 1. The smallest absolute Gasteiger partial charge is 0.326 e. The van der Waals surface area contributed by atoms with Gasteiger partial charge in [0, 0.05) is 0 Å². The lowest BCUT2D eigenvalue weighted by atomic mass is 10.7. The van der Waals surface area contributed by atoms with Crippen molar-refractivity contribution in [1.82, 2.24) is 4.86 Å². The van der Waals surface area contributed by atoms with Crippen molar-refractivity contribution in [1.29, 1.82) is 0 Å².